The number of carbonyl (C=O) groups excluding carboxylic acids is 2. The van der Waals surface area contributed by atoms with Gasteiger partial charge < -0.3 is 39.4 Å². The number of rotatable bonds is 16. The summed E-state index contributed by atoms with van der Waals surface area (Å²) in [6.45, 7) is 0.424. The SMILES string of the molecule is COc1ccc(-c2noc(CC(=O)NCc3ccc(CNC(=O)Cc4onc(-c5ccc(CO)cc5)c4-c4ccc(OC)cc4)cc3)c2-c2ccc(CO)cc2)cc1. The maximum Gasteiger partial charge on any atom is 0.228 e. The van der Waals surface area contributed by atoms with Crippen molar-refractivity contribution >= 4 is 11.8 Å². The molecule has 0 aliphatic heterocycles. The topological polar surface area (TPSA) is 169 Å². The number of carbonyl (C=O) groups is 2. The third-order valence-electron chi connectivity index (χ3n) is 9.75. The third kappa shape index (κ3) is 9.15. The number of aliphatic hydroxyl groups excluding tert-OH is 2. The Kier molecular flexibility index (Phi) is 12.4. The average molecular weight is 779 g/mol. The molecule has 7 rings (SSSR count). The van der Waals surface area contributed by atoms with Crippen LogP contribution in [-0.2, 0) is 48.7 Å². The minimum atomic E-state index is -0.242. The molecule has 2 aromatic heterocycles. The van der Waals surface area contributed by atoms with Crippen LogP contribution in [-0.4, -0.2) is 46.6 Å². The van der Waals surface area contributed by atoms with Crippen molar-refractivity contribution in [3.8, 4) is 56.3 Å². The maximum atomic E-state index is 13.2. The summed E-state index contributed by atoms with van der Waals surface area (Å²) in [5.41, 5.74) is 9.12. The number of methoxy groups -OCH3 is 2. The molecule has 12 nitrogen and oxygen atoms in total. The molecule has 2 amide bonds. The monoisotopic (exact) mass is 778 g/mol. The first-order valence-electron chi connectivity index (χ1n) is 18.6. The molecule has 2 heterocycles. The molecule has 0 atom stereocenters. The highest BCUT2D eigenvalue weighted by atomic mass is 16.5. The van der Waals surface area contributed by atoms with E-state index < -0.39 is 0 Å². The standard InChI is InChI=1S/C46H42N4O8/c1-55-37-19-15-34(16-20-37)44-40(58-49-45(44)35-13-9-32(28-52)10-14-35)24-42(54)48-26-30-5-3-29(4-6-30)25-47-41(53)23-39-43(33-11-7-31(27-51)8-12-33)46(50-57-39)36-17-21-38(56-2)22-18-36/h3-22,51-52H,23-28H2,1-2H3,(H,47,53)(H,48,54). The van der Waals surface area contributed by atoms with E-state index in [1.807, 2.05) is 121 Å². The zero-order valence-corrected chi connectivity index (χ0v) is 32.0. The first kappa shape index (κ1) is 39.2. The molecule has 0 aliphatic carbocycles. The zero-order valence-electron chi connectivity index (χ0n) is 32.0. The Hall–Kier alpha value is -7.02. The number of ether oxygens (including phenoxy) is 2. The normalized spacial score (nSPS) is 11.0. The van der Waals surface area contributed by atoms with Gasteiger partial charge in [-0.25, -0.2) is 0 Å². The van der Waals surface area contributed by atoms with Crippen molar-refractivity contribution in [3.05, 3.63) is 155 Å². The molecule has 0 bridgehead atoms. The summed E-state index contributed by atoms with van der Waals surface area (Å²) in [6, 6.07) is 37.3. The van der Waals surface area contributed by atoms with Gasteiger partial charge in [-0.2, -0.15) is 0 Å². The van der Waals surface area contributed by atoms with Crippen LogP contribution in [0.2, 0.25) is 0 Å². The van der Waals surface area contributed by atoms with Crippen LogP contribution >= 0.6 is 0 Å². The lowest BCUT2D eigenvalue weighted by Crippen LogP contribution is -2.25. The molecule has 0 saturated heterocycles. The molecule has 5 aromatic carbocycles. The van der Waals surface area contributed by atoms with Gasteiger partial charge >= 0.3 is 0 Å². The van der Waals surface area contributed by atoms with Crippen molar-refractivity contribution in [2.24, 2.45) is 0 Å². The number of hydrogen-bond donors (Lipinski definition) is 4. The highest BCUT2D eigenvalue weighted by Gasteiger charge is 2.23. The second-order valence-electron chi connectivity index (χ2n) is 13.5. The predicted molar refractivity (Wildman–Crippen MR) is 217 cm³/mol. The van der Waals surface area contributed by atoms with Crippen molar-refractivity contribution in [1.82, 2.24) is 20.9 Å². The average Bonchev–Trinajstić information content (AvgIpc) is 3.89. The molecule has 7 aromatic rings. The fraction of sp³-hybridized carbons (Fsp3) is 0.174. The van der Waals surface area contributed by atoms with E-state index in [0.717, 1.165) is 44.5 Å². The summed E-state index contributed by atoms with van der Waals surface area (Å²) in [5, 5.41) is 33.7. The highest BCUT2D eigenvalue weighted by molar-refractivity contribution is 5.88. The van der Waals surface area contributed by atoms with Crippen LogP contribution in [0.1, 0.15) is 33.8 Å². The molecule has 58 heavy (non-hydrogen) atoms. The first-order chi connectivity index (χ1) is 28.3. The van der Waals surface area contributed by atoms with Gasteiger partial charge in [-0.05, 0) is 69.8 Å². The Bertz CT molecular complexity index is 2280. The summed E-state index contributed by atoms with van der Waals surface area (Å²) in [4.78, 5) is 26.4. The largest absolute Gasteiger partial charge is 0.497 e. The van der Waals surface area contributed by atoms with Crippen LogP contribution in [0.5, 0.6) is 11.5 Å². The fourth-order valence-corrected chi connectivity index (χ4v) is 6.52. The van der Waals surface area contributed by atoms with Crippen LogP contribution in [0.4, 0.5) is 0 Å². The maximum absolute atomic E-state index is 13.2. The molecular formula is C46H42N4O8. The molecule has 0 aliphatic rings. The third-order valence-corrected chi connectivity index (χ3v) is 9.75. The lowest BCUT2D eigenvalue weighted by molar-refractivity contribution is -0.121. The highest BCUT2D eigenvalue weighted by Crippen LogP contribution is 2.37. The number of nitrogens with zero attached hydrogens (tertiary/aromatic N) is 2. The van der Waals surface area contributed by atoms with Crippen LogP contribution in [0.3, 0.4) is 0 Å². The van der Waals surface area contributed by atoms with Crippen molar-refractivity contribution in [1.29, 1.82) is 0 Å². The van der Waals surface area contributed by atoms with E-state index in [-0.39, 0.29) is 51.0 Å². The summed E-state index contributed by atoms with van der Waals surface area (Å²) in [7, 11) is 3.20. The van der Waals surface area contributed by atoms with Gasteiger partial charge in [-0.3, -0.25) is 9.59 Å². The van der Waals surface area contributed by atoms with Gasteiger partial charge in [0.15, 0.2) is 11.5 Å². The van der Waals surface area contributed by atoms with Crippen LogP contribution < -0.4 is 20.1 Å². The van der Waals surface area contributed by atoms with Crippen LogP contribution in [0.25, 0.3) is 44.8 Å². The van der Waals surface area contributed by atoms with Crippen molar-refractivity contribution in [3.63, 3.8) is 0 Å². The van der Waals surface area contributed by atoms with Crippen molar-refractivity contribution in [2.75, 3.05) is 14.2 Å². The van der Waals surface area contributed by atoms with E-state index in [1.54, 1.807) is 14.2 Å². The Labute approximate surface area is 335 Å². The smallest absolute Gasteiger partial charge is 0.228 e. The quantitative estimate of drug-likeness (QED) is 0.0798. The Balaban J connectivity index is 0.973. The zero-order chi connectivity index (χ0) is 40.4. The first-order valence-corrected chi connectivity index (χ1v) is 18.6. The second kappa shape index (κ2) is 18.3. The van der Waals surface area contributed by atoms with Crippen molar-refractivity contribution < 1.29 is 38.3 Å². The van der Waals surface area contributed by atoms with E-state index in [9.17, 15) is 19.8 Å². The Morgan fingerprint density at radius 1 is 0.500 bits per heavy atom. The Morgan fingerprint density at radius 2 is 0.828 bits per heavy atom. The van der Waals surface area contributed by atoms with Crippen molar-refractivity contribution in [2.45, 2.75) is 39.1 Å². The molecule has 0 saturated carbocycles. The van der Waals surface area contributed by atoms with E-state index in [1.165, 1.54) is 0 Å². The molecule has 294 valence electrons. The molecule has 0 unspecified atom stereocenters. The number of amides is 2. The lowest BCUT2D eigenvalue weighted by atomic mass is 9.97. The molecule has 4 N–H and O–H groups in total. The summed E-state index contributed by atoms with van der Waals surface area (Å²) in [5.74, 6) is 1.76. The van der Waals surface area contributed by atoms with Gasteiger partial charge in [0.1, 0.15) is 22.9 Å². The van der Waals surface area contributed by atoms with Crippen LogP contribution in [0.15, 0.2) is 130 Å². The number of benzene rings is 5. The van der Waals surface area contributed by atoms with Gasteiger partial charge in [-0.1, -0.05) is 95.2 Å². The van der Waals surface area contributed by atoms with E-state index >= 15 is 0 Å². The van der Waals surface area contributed by atoms with Gasteiger partial charge in [0.05, 0.1) is 51.4 Å². The van der Waals surface area contributed by atoms with Gasteiger partial charge in [0, 0.05) is 24.2 Å². The van der Waals surface area contributed by atoms with Crippen LogP contribution in [0, 0.1) is 0 Å². The number of aliphatic hydroxyl groups is 2. The number of nitrogens with one attached hydrogen (secondary N) is 2. The molecule has 0 radical (unpaired) electrons. The molecule has 0 fully saturated rings. The van der Waals surface area contributed by atoms with E-state index in [2.05, 4.69) is 20.9 Å². The summed E-state index contributed by atoms with van der Waals surface area (Å²) < 4.78 is 22.2. The predicted octanol–water partition coefficient (Wildman–Crippen LogP) is 7.05. The fourth-order valence-electron chi connectivity index (χ4n) is 6.52. The second-order valence-corrected chi connectivity index (χ2v) is 13.5. The molecular weight excluding hydrogens is 737 g/mol. The van der Waals surface area contributed by atoms with Gasteiger partial charge in [0.25, 0.3) is 0 Å². The van der Waals surface area contributed by atoms with Gasteiger partial charge in [-0.15, -0.1) is 0 Å². The summed E-state index contributed by atoms with van der Waals surface area (Å²) >= 11 is 0. The molecule has 12 heteroatoms. The van der Waals surface area contributed by atoms with E-state index in [4.69, 9.17) is 18.5 Å². The summed E-state index contributed by atoms with van der Waals surface area (Å²) in [6.07, 6.45) is -0.0666. The minimum absolute atomic E-state index is 0.0321. The Morgan fingerprint density at radius 3 is 1.19 bits per heavy atom. The van der Waals surface area contributed by atoms with E-state index in [0.29, 0.717) is 45.5 Å². The number of hydrogen-bond acceptors (Lipinski definition) is 10. The number of aromatic nitrogens is 2. The lowest BCUT2D eigenvalue weighted by Gasteiger charge is -2.09. The minimum Gasteiger partial charge on any atom is -0.497 e. The van der Waals surface area contributed by atoms with Gasteiger partial charge in [0.2, 0.25) is 11.8 Å². The molecule has 0 spiro atoms.